The van der Waals surface area contributed by atoms with E-state index in [-0.39, 0.29) is 53.4 Å². The highest BCUT2D eigenvalue weighted by Crippen LogP contribution is 2.69. The Balaban J connectivity index is 1.48. The van der Waals surface area contributed by atoms with E-state index in [0.29, 0.717) is 6.42 Å². The molecule has 1 aromatic rings. The molecule has 1 aromatic heterocycles. The number of hydrogen-bond acceptors (Lipinski definition) is 6. The van der Waals surface area contributed by atoms with E-state index in [4.69, 9.17) is 18.6 Å². The average Bonchev–Trinajstić information content (AvgIpc) is 3.31. The van der Waals surface area contributed by atoms with Crippen molar-refractivity contribution in [2.75, 3.05) is 0 Å². The Morgan fingerprint density at radius 1 is 1.16 bits per heavy atom. The van der Waals surface area contributed by atoms with Crippen molar-refractivity contribution in [2.24, 2.45) is 23.2 Å². The second-order valence-corrected chi connectivity index (χ2v) is 8.58. The molecule has 132 valence electrons. The minimum Gasteiger partial charge on any atom is -0.472 e. The number of ether oxygens (including phenoxy) is 3. The number of hydrogen-bond donors (Lipinski definition) is 0. The lowest BCUT2D eigenvalue weighted by Gasteiger charge is -2.51. The fourth-order valence-corrected chi connectivity index (χ4v) is 6.54. The van der Waals surface area contributed by atoms with Crippen LogP contribution in [0.25, 0.3) is 0 Å². The molecule has 0 radical (unpaired) electrons. The molecular formula is C19H20O6. The first kappa shape index (κ1) is 14.4. The van der Waals surface area contributed by atoms with Gasteiger partial charge >= 0.3 is 11.9 Å². The van der Waals surface area contributed by atoms with Gasteiger partial charge in [0.25, 0.3) is 0 Å². The lowest BCUT2D eigenvalue weighted by Crippen LogP contribution is -2.59. The first-order valence-electron chi connectivity index (χ1n) is 9.13. The molecule has 4 heterocycles. The quantitative estimate of drug-likeness (QED) is 0.728. The molecule has 0 N–H and O–H groups in total. The van der Waals surface area contributed by atoms with Gasteiger partial charge in [-0.15, -0.1) is 0 Å². The highest BCUT2D eigenvalue weighted by Gasteiger charge is 2.76. The molecular weight excluding hydrogens is 324 g/mol. The van der Waals surface area contributed by atoms with Gasteiger partial charge in [0.15, 0.2) is 5.60 Å². The fourth-order valence-electron chi connectivity index (χ4n) is 6.54. The van der Waals surface area contributed by atoms with E-state index in [9.17, 15) is 9.59 Å². The zero-order valence-electron chi connectivity index (χ0n) is 14.0. The second kappa shape index (κ2) is 4.29. The molecule has 4 bridgehead atoms. The number of furan rings is 1. The third-order valence-corrected chi connectivity index (χ3v) is 7.66. The van der Waals surface area contributed by atoms with Crippen LogP contribution in [0.1, 0.15) is 44.3 Å². The molecule has 8 atom stereocenters. The predicted molar refractivity (Wildman–Crippen MR) is 82.1 cm³/mol. The normalized spacial score (nSPS) is 52.5. The lowest BCUT2D eigenvalue weighted by atomic mass is 9.49. The van der Waals surface area contributed by atoms with Crippen LogP contribution in [-0.2, 0) is 23.8 Å². The van der Waals surface area contributed by atoms with Crippen molar-refractivity contribution in [3.63, 3.8) is 0 Å². The van der Waals surface area contributed by atoms with E-state index in [2.05, 4.69) is 6.92 Å². The van der Waals surface area contributed by atoms with Gasteiger partial charge in [-0.3, -0.25) is 4.79 Å². The van der Waals surface area contributed by atoms with E-state index < -0.39 is 5.60 Å². The Hall–Kier alpha value is -1.82. The van der Waals surface area contributed by atoms with Gasteiger partial charge in [-0.2, -0.15) is 0 Å². The van der Waals surface area contributed by atoms with E-state index >= 15 is 0 Å². The fraction of sp³-hybridized carbons (Fsp3) is 0.684. The molecule has 3 aliphatic heterocycles. The molecule has 0 unspecified atom stereocenters. The van der Waals surface area contributed by atoms with Crippen LogP contribution in [-0.4, -0.2) is 29.7 Å². The number of rotatable bonds is 1. The lowest BCUT2D eigenvalue weighted by molar-refractivity contribution is -0.169. The summed E-state index contributed by atoms with van der Waals surface area (Å²) in [4.78, 5) is 25.2. The summed E-state index contributed by atoms with van der Waals surface area (Å²) in [6.45, 7) is 2.16. The van der Waals surface area contributed by atoms with Crippen molar-refractivity contribution in [3.05, 3.63) is 24.2 Å². The van der Waals surface area contributed by atoms with Crippen LogP contribution < -0.4 is 0 Å². The molecule has 6 rings (SSSR count). The summed E-state index contributed by atoms with van der Waals surface area (Å²) in [6.07, 6.45) is 5.75. The summed E-state index contributed by atoms with van der Waals surface area (Å²) in [5.41, 5.74) is -0.293. The molecule has 6 heteroatoms. The first-order chi connectivity index (χ1) is 12.0. The molecule has 3 saturated heterocycles. The van der Waals surface area contributed by atoms with E-state index in [1.807, 2.05) is 6.07 Å². The van der Waals surface area contributed by atoms with Crippen LogP contribution in [0.15, 0.2) is 23.0 Å². The van der Waals surface area contributed by atoms with Gasteiger partial charge in [-0.1, -0.05) is 6.92 Å². The molecule has 1 spiro atoms. The zero-order valence-corrected chi connectivity index (χ0v) is 14.0. The highest BCUT2D eigenvalue weighted by atomic mass is 16.6. The SMILES string of the molecule is C[C@@]12C[C@@H](c3ccoc3)O[C@@]13C[C@H](OC3=O)[C@H]1[C@H]2C[C@@H]2C[C@H]1C(=O)O2. The van der Waals surface area contributed by atoms with E-state index in [1.54, 1.807) is 12.5 Å². The summed E-state index contributed by atoms with van der Waals surface area (Å²) in [6, 6.07) is 1.90. The van der Waals surface area contributed by atoms with Crippen molar-refractivity contribution >= 4 is 11.9 Å². The summed E-state index contributed by atoms with van der Waals surface area (Å²) in [5, 5.41) is 0. The summed E-state index contributed by atoms with van der Waals surface area (Å²) < 4.78 is 23.0. The molecule has 5 aliphatic rings. The summed E-state index contributed by atoms with van der Waals surface area (Å²) >= 11 is 0. The monoisotopic (exact) mass is 344 g/mol. The standard InChI is InChI=1S/C19H20O6/c1-18-6-13(9-2-3-22-8-9)25-19(18)7-14(24-17(19)21)15-11-4-10(5-12(15)18)23-16(11)20/h2-3,8,10-15H,4-7H2,1H3/t10-,11+,12+,13-,14-,15+,18-,19+/m0/s1. The first-order valence-corrected chi connectivity index (χ1v) is 9.13. The van der Waals surface area contributed by atoms with Crippen LogP contribution in [0, 0.1) is 23.2 Å². The number of esters is 2. The third-order valence-electron chi connectivity index (χ3n) is 7.66. The maximum absolute atomic E-state index is 12.9. The Kier molecular flexibility index (Phi) is 2.46. The Morgan fingerprint density at radius 2 is 2.04 bits per heavy atom. The minimum absolute atomic E-state index is 0.0202. The molecule has 2 saturated carbocycles. The highest BCUT2D eigenvalue weighted by molar-refractivity contribution is 5.85. The molecule has 2 aliphatic carbocycles. The maximum atomic E-state index is 12.9. The number of carbonyl (C=O) groups is 2. The Labute approximate surface area is 144 Å². The van der Waals surface area contributed by atoms with Gasteiger partial charge in [-0.05, 0) is 31.2 Å². The molecule has 0 aromatic carbocycles. The molecule has 5 fully saturated rings. The maximum Gasteiger partial charge on any atom is 0.339 e. The van der Waals surface area contributed by atoms with Crippen molar-refractivity contribution in [1.82, 2.24) is 0 Å². The van der Waals surface area contributed by atoms with Gasteiger partial charge in [0.05, 0.1) is 24.5 Å². The van der Waals surface area contributed by atoms with Gasteiger partial charge < -0.3 is 18.6 Å². The van der Waals surface area contributed by atoms with Crippen molar-refractivity contribution in [2.45, 2.75) is 56.5 Å². The average molecular weight is 344 g/mol. The third kappa shape index (κ3) is 1.52. The zero-order chi connectivity index (χ0) is 17.0. The van der Waals surface area contributed by atoms with Crippen LogP contribution in [0.4, 0.5) is 0 Å². The second-order valence-electron chi connectivity index (χ2n) is 8.58. The van der Waals surface area contributed by atoms with Crippen LogP contribution in [0.3, 0.4) is 0 Å². The minimum atomic E-state index is -0.902. The van der Waals surface area contributed by atoms with Crippen molar-refractivity contribution in [3.8, 4) is 0 Å². The Bertz CT molecular complexity index is 771. The van der Waals surface area contributed by atoms with Crippen LogP contribution in [0.2, 0.25) is 0 Å². The Morgan fingerprint density at radius 3 is 2.84 bits per heavy atom. The van der Waals surface area contributed by atoms with Gasteiger partial charge in [0, 0.05) is 23.3 Å². The van der Waals surface area contributed by atoms with Crippen molar-refractivity contribution < 1.29 is 28.2 Å². The summed E-state index contributed by atoms with van der Waals surface area (Å²) in [7, 11) is 0. The number of fused-ring (bicyclic) bond motifs is 7. The molecule has 0 amide bonds. The van der Waals surface area contributed by atoms with Gasteiger partial charge in [0.2, 0.25) is 0 Å². The smallest absolute Gasteiger partial charge is 0.339 e. The largest absolute Gasteiger partial charge is 0.472 e. The molecule has 6 nitrogen and oxygen atoms in total. The van der Waals surface area contributed by atoms with Crippen LogP contribution >= 0.6 is 0 Å². The predicted octanol–water partition coefficient (Wildman–Crippen LogP) is 2.38. The van der Waals surface area contributed by atoms with Gasteiger partial charge in [-0.25, -0.2) is 4.79 Å². The summed E-state index contributed by atoms with van der Waals surface area (Å²) in [5.74, 6) is -0.235. The van der Waals surface area contributed by atoms with Crippen LogP contribution in [0.5, 0.6) is 0 Å². The van der Waals surface area contributed by atoms with E-state index in [1.165, 1.54) is 0 Å². The van der Waals surface area contributed by atoms with E-state index in [0.717, 1.165) is 24.8 Å². The van der Waals surface area contributed by atoms with Gasteiger partial charge in [0.1, 0.15) is 12.2 Å². The molecule has 25 heavy (non-hydrogen) atoms. The van der Waals surface area contributed by atoms with Crippen molar-refractivity contribution in [1.29, 1.82) is 0 Å². The topological polar surface area (TPSA) is 75.0 Å². The number of carbonyl (C=O) groups excluding carboxylic acids is 2.